The second-order valence-electron chi connectivity index (χ2n) is 4.08. The van der Waals surface area contributed by atoms with Crippen molar-refractivity contribution in [3.8, 4) is 0 Å². The molecule has 1 saturated heterocycles. The smallest absolute Gasteiger partial charge is 0.00951 e. The Hall–Kier alpha value is -0.0400. The average Bonchev–Trinajstić information content (AvgIpc) is 2.03. The molecule has 1 nitrogen and oxygen atoms in total. The maximum absolute atomic E-state index is 3.60. The lowest BCUT2D eigenvalue weighted by Crippen LogP contribution is -2.41. The van der Waals surface area contributed by atoms with Crippen LogP contribution < -0.4 is 5.32 Å². The first-order valence-electron chi connectivity index (χ1n) is 4.97. The molecule has 11 heavy (non-hydrogen) atoms. The highest BCUT2D eigenvalue weighted by Crippen LogP contribution is 2.21. The lowest BCUT2D eigenvalue weighted by atomic mass is 9.86. The van der Waals surface area contributed by atoms with E-state index in [1.807, 2.05) is 0 Å². The highest BCUT2D eigenvalue weighted by molar-refractivity contribution is 4.79. The molecule has 0 saturated carbocycles. The highest BCUT2D eigenvalue weighted by atomic mass is 14.9. The van der Waals surface area contributed by atoms with Crippen LogP contribution in [0, 0.1) is 11.8 Å². The van der Waals surface area contributed by atoms with Crippen molar-refractivity contribution in [3.63, 3.8) is 0 Å². The van der Waals surface area contributed by atoms with Gasteiger partial charge in [0, 0.05) is 6.04 Å². The van der Waals surface area contributed by atoms with E-state index < -0.39 is 0 Å². The molecule has 0 radical (unpaired) electrons. The van der Waals surface area contributed by atoms with Crippen LogP contribution in [0.1, 0.15) is 40.0 Å². The van der Waals surface area contributed by atoms with E-state index >= 15 is 0 Å². The van der Waals surface area contributed by atoms with E-state index in [0.29, 0.717) is 0 Å². The molecule has 0 aromatic heterocycles. The summed E-state index contributed by atoms with van der Waals surface area (Å²) >= 11 is 0. The Morgan fingerprint density at radius 3 is 2.82 bits per heavy atom. The Balaban J connectivity index is 2.33. The average molecular weight is 155 g/mol. The van der Waals surface area contributed by atoms with Gasteiger partial charge in [-0.05, 0) is 31.2 Å². The largest absolute Gasteiger partial charge is 0.314 e. The summed E-state index contributed by atoms with van der Waals surface area (Å²) in [5, 5.41) is 3.60. The first-order chi connectivity index (χ1) is 5.24. The molecule has 3 atom stereocenters. The van der Waals surface area contributed by atoms with E-state index in [0.717, 1.165) is 17.9 Å². The Bertz CT molecular complexity index is 111. The van der Waals surface area contributed by atoms with Crippen molar-refractivity contribution in [2.45, 2.75) is 46.1 Å². The maximum atomic E-state index is 3.60. The molecule has 1 aliphatic rings. The summed E-state index contributed by atoms with van der Waals surface area (Å²) in [6, 6.07) is 0.795. The Morgan fingerprint density at radius 2 is 2.27 bits per heavy atom. The van der Waals surface area contributed by atoms with Gasteiger partial charge in [0.05, 0.1) is 0 Å². The van der Waals surface area contributed by atoms with Gasteiger partial charge < -0.3 is 5.32 Å². The topological polar surface area (TPSA) is 12.0 Å². The van der Waals surface area contributed by atoms with Crippen LogP contribution in [0.5, 0.6) is 0 Å². The zero-order valence-corrected chi connectivity index (χ0v) is 8.06. The third-order valence-corrected chi connectivity index (χ3v) is 3.03. The number of hydrogen-bond donors (Lipinski definition) is 1. The van der Waals surface area contributed by atoms with Crippen molar-refractivity contribution in [1.82, 2.24) is 5.32 Å². The molecule has 66 valence electrons. The molecule has 0 bridgehead atoms. The van der Waals surface area contributed by atoms with Crippen LogP contribution in [0.25, 0.3) is 0 Å². The van der Waals surface area contributed by atoms with Gasteiger partial charge in [0.1, 0.15) is 0 Å². The van der Waals surface area contributed by atoms with Gasteiger partial charge in [-0.3, -0.25) is 0 Å². The summed E-state index contributed by atoms with van der Waals surface area (Å²) < 4.78 is 0. The third-order valence-electron chi connectivity index (χ3n) is 3.03. The molecule has 3 unspecified atom stereocenters. The fraction of sp³-hybridized carbons (Fsp3) is 1.00. The summed E-state index contributed by atoms with van der Waals surface area (Å²) in [4.78, 5) is 0. The lowest BCUT2D eigenvalue weighted by molar-refractivity contribution is 0.254. The standard InChI is InChI=1S/C10H21N/c1-4-9(3)10-7-8(2)5-6-11-10/h8-11H,4-7H2,1-3H3. The van der Waals surface area contributed by atoms with Gasteiger partial charge in [0.15, 0.2) is 0 Å². The molecule has 1 N–H and O–H groups in total. The normalized spacial score (nSPS) is 35.2. The first-order valence-corrected chi connectivity index (χ1v) is 4.97. The maximum Gasteiger partial charge on any atom is 0.00951 e. The minimum absolute atomic E-state index is 0.795. The number of nitrogens with one attached hydrogen (secondary N) is 1. The zero-order chi connectivity index (χ0) is 8.27. The number of piperidine rings is 1. The molecule has 0 aromatic rings. The van der Waals surface area contributed by atoms with Gasteiger partial charge in [-0.15, -0.1) is 0 Å². The predicted octanol–water partition coefficient (Wildman–Crippen LogP) is 2.42. The molecule has 1 rings (SSSR count). The van der Waals surface area contributed by atoms with Crippen molar-refractivity contribution in [1.29, 1.82) is 0 Å². The van der Waals surface area contributed by atoms with Crippen LogP contribution in [0.4, 0.5) is 0 Å². The molecule has 0 aromatic carbocycles. The second-order valence-corrected chi connectivity index (χ2v) is 4.08. The fourth-order valence-corrected chi connectivity index (χ4v) is 1.87. The van der Waals surface area contributed by atoms with Crippen LogP contribution >= 0.6 is 0 Å². The minimum atomic E-state index is 0.795. The van der Waals surface area contributed by atoms with Crippen LogP contribution in [0.3, 0.4) is 0 Å². The lowest BCUT2D eigenvalue weighted by Gasteiger charge is -2.32. The van der Waals surface area contributed by atoms with E-state index in [-0.39, 0.29) is 0 Å². The molecular formula is C10H21N. The van der Waals surface area contributed by atoms with E-state index in [1.165, 1.54) is 25.8 Å². The molecule has 0 spiro atoms. The SMILES string of the molecule is CCC(C)C1CC(C)CCN1. The summed E-state index contributed by atoms with van der Waals surface area (Å²) in [5.41, 5.74) is 0. The molecular weight excluding hydrogens is 134 g/mol. The van der Waals surface area contributed by atoms with Crippen molar-refractivity contribution in [3.05, 3.63) is 0 Å². The van der Waals surface area contributed by atoms with Gasteiger partial charge in [0.25, 0.3) is 0 Å². The van der Waals surface area contributed by atoms with E-state index in [2.05, 4.69) is 26.1 Å². The minimum Gasteiger partial charge on any atom is -0.314 e. The number of rotatable bonds is 2. The second kappa shape index (κ2) is 4.10. The quantitative estimate of drug-likeness (QED) is 0.645. The Kier molecular flexibility index (Phi) is 3.38. The zero-order valence-electron chi connectivity index (χ0n) is 8.06. The summed E-state index contributed by atoms with van der Waals surface area (Å²) in [5.74, 6) is 1.80. The van der Waals surface area contributed by atoms with Crippen molar-refractivity contribution >= 4 is 0 Å². The van der Waals surface area contributed by atoms with Crippen LogP contribution in [0.15, 0.2) is 0 Å². The van der Waals surface area contributed by atoms with Crippen molar-refractivity contribution in [2.75, 3.05) is 6.54 Å². The van der Waals surface area contributed by atoms with Gasteiger partial charge >= 0.3 is 0 Å². The predicted molar refractivity (Wildman–Crippen MR) is 49.6 cm³/mol. The fourth-order valence-electron chi connectivity index (χ4n) is 1.87. The van der Waals surface area contributed by atoms with E-state index in [9.17, 15) is 0 Å². The Labute approximate surface area is 70.6 Å². The summed E-state index contributed by atoms with van der Waals surface area (Å²) in [6.45, 7) is 8.24. The van der Waals surface area contributed by atoms with E-state index in [1.54, 1.807) is 0 Å². The van der Waals surface area contributed by atoms with Crippen molar-refractivity contribution < 1.29 is 0 Å². The molecule has 1 fully saturated rings. The molecule has 1 heterocycles. The summed E-state index contributed by atoms with van der Waals surface area (Å²) in [6.07, 6.45) is 4.06. The molecule has 1 heteroatoms. The monoisotopic (exact) mass is 155 g/mol. The molecule has 0 aliphatic carbocycles. The van der Waals surface area contributed by atoms with Gasteiger partial charge in [-0.1, -0.05) is 27.2 Å². The van der Waals surface area contributed by atoms with Gasteiger partial charge in [0.2, 0.25) is 0 Å². The third kappa shape index (κ3) is 2.48. The van der Waals surface area contributed by atoms with Crippen molar-refractivity contribution in [2.24, 2.45) is 11.8 Å². The first kappa shape index (κ1) is 9.05. The Morgan fingerprint density at radius 1 is 1.55 bits per heavy atom. The van der Waals surface area contributed by atoms with Gasteiger partial charge in [-0.2, -0.15) is 0 Å². The number of hydrogen-bond acceptors (Lipinski definition) is 1. The molecule has 1 aliphatic heterocycles. The highest BCUT2D eigenvalue weighted by Gasteiger charge is 2.21. The van der Waals surface area contributed by atoms with Crippen LogP contribution in [0.2, 0.25) is 0 Å². The van der Waals surface area contributed by atoms with Crippen LogP contribution in [-0.4, -0.2) is 12.6 Å². The summed E-state index contributed by atoms with van der Waals surface area (Å²) in [7, 11) is 0. The van der Waals surface area contributed by atoms with Crippen LogP contribution in [-0.2, 0) is 0 Å². The molecule has 0 amide bonds. The van der Waals surface area contributed by atoms with Gasteiger partial charge in [-0.25, -0.2) is 0 Å². The van der Waals surface area contributed by atoms with E-state index in [4.69, 9.17) is 0 Å².